The molecule has 306 valence electrons. The molecule has 0 spiro atoms. The lowest BCUT2D eigenvalue weighted by Crippen LogP contribution is -2.39. The predicted octanol–water partition coefficient (Wildman–Crippen LogP) is 9.31. The van der Waals surface area contributed by atoms with Crippen LogP contribution in [0.4, 0.5) is 0 Å². The molecule has 4 aromatic rings. The normalized spacial score (nSPS) is 17.4. The van der Waals surface area contributed by atoms with Crippen molar-refractivity contribution in [3.63, 3.8) is 0 Å². The van der Waals surface area contributed by atoms with Crippen molar-refractivity contribution in [1.82, 2.24) is 9.80 Å². The number of rotatable bonds is 16. The lowest BCUT2D eigenvalue weighted by Gasteiger charge is -2.33. The number of benzene rings is 4. The number of halogens is 3. The molecular weight excluding hydrogens is 791 g/mol. The predicted molar refractivity (Wildman–Crippen MR) is 223 cm³/mol. The fraction of sp³-hybridized carbons (Fsp3) is 0.409. The van der Waals surface area contributed by atoms with Gasteiger partial charge >= 0.3 is 11.9 Å². The minimum atomic E-state index is -0.804. The van der Waals surface area contributed by atoms with Crippen LogP contribution in [-0.2, 0) is 45.1 Å². The van der Waals surface area contributed by atoms with Crippen molar-refractivity contribution in [3.8, 4) is 11.5 Å². The van der Waals surface area contributed by atoms with E-state index in [1.165, 1.54) is 16.7 Å². The number of hydrogen-bond donors (Lipinski definition) is 2. The first-order valence-electron chi connectivity index (χ1n) is 19.3. The van der Waals surface area contributed by atoms with Gasteiger partial charge < -0.3 is 29.2 Å². The monoisotopic (exact) mass is 840 g/mol. The second-order valence-electron chi connectivity index (χ2n) is 13.9. The van der Waals surface area contributed by atoms with Gasteiger partial charge in [-0.3, -0.25) is 19.4 Å². The highest BCUT2D eigenvalue weighted by Crippen LogP contribution is 2.33. The summed E-state index contributed by atoms with van der Waals surface area (Å²) in [7, 11) is 0. The van der Waals surface area contributed by atoms with Crippen LogP contribution in [0.5, 0.6) is 11.5 Å². The molecule has 2 unspecified atom stereocenters. The van der Waals surface area contributed by atoms with Gasteiger partial charge in [0.1, 0.15) is 24.7 Å². The number of carbonyl (C=O) groups is 2. The van der Waals surface area contributed by atoms with Crippen LogP contribution in [0, 0.1) is 0 Å². The van der Waals surface area contributed by atoms with Crippen LogP contribution in [0.15, 0.2) is 78.9 Å². The van der Waals surface area contributed by atoms with Crippen molar-refractivity contribution in [3.05, 3.63) is 127 Å². The molecule has 2 atom stereocenters. The topological polar surface area (TPSA) is 118 Å². The van der Waals surface area contributed by atoms with Crippen LogP contribution < -0.4 is 9.47 Å². The molecule has 0 radical (unpaired) electrons. The zero-order valence-electron chi connectivity index (χ0n) is 32.4. The van der Waals surface area contributed by atoms with Crippen LogP contribution in [0.3, 0.4) is 0 Å². The summed E-state index contributed by atoms with van der Waals surface area (Å²) in [5.41, 5.74) is 6.66. The number of carboxylic acids is 2. The molecule has 0 aromatic heterocycles. The zero-order chi connectivity index (χ0) is 40.7. The Hall–Kier alpha value is -3.87. The molecule has 2 aliphatic rings. The van der Waals surface area contributed by atoms with Gasteiger partial charge in [0, 0.05) is 60.4 Å². The van der Waals surface area contributed by atoms with Crippen LogP contribution in [0.2, 0.25) is 15.1 Å². The van der Waals surface area contributed by atoms with E-state index in [-0.39, 0.29) is 31.7 Å². The molecule has 2 heterocycles. The average molecular weight is 842 g/mol. The maximum absolute atomic E-state index is 10.8. The summed E-state index contributed by atoms with van der Waals surface area (Å²) in [6.07, 6.45) is 2.04. The van der Waals surface area contributed by atoms with Crippen molar-refractivity contribution in [2.45, 2.75) is 65.0 Å². The molecule has 10 nitrogen and oxygen atoms in total. The fourth-order valence-corrected chi connectivity index (χ4v) is 7.66. The molecule has 2 fully saturated rings. The highest BCUT2D eigenvalue weighted by atomic mass is 35.5. The summed E-state index contributed by atoms with van der Waals surface area (Å²) < 4.78 is 23.6. The quantitative estimate of drug-likeness (QED) is 0.113. The van der Waals surface area contributed by atoms with E-state index in [9.17, 15) is 9.59 Å². The summed E-state index contributed by atoms with van der Waals surface area (Å²) in [6.45, 7) is 10.2. The molecule has 0 amide bonds. The van der Waals surface area contributed by atoms with Gasteiger partial charge in [0.25, 0.3) is 0 Å². The molecular formula is C44H51Cl3N2O8. The van der Waals surface area contributed by atoms with Gasteiger partial charge in [0.15, 0.2) is 0 Å². The molecule has 2 saturated heterocycles. The van der Waals surface area contributed by atoms with Crippen LogP contribution in [0.1, 0.15) is 72.3 Å². The number of nitrogens with zero attached hydrogens (tertiary/aromatic N) is 2. The Kier molecular flexibility index (Phi) is 17.3. The Morgan fingerprint density at radius 1 is 0.667 bits per heavy atom. The average Bonchev–Trinajstić information content (AvgIpc) is 3.21. The van der Waals surface area contributed by atoms with Crippen molar-refractivity contribution < 1.29 is 38.7 Å². The van der Waals surface area contributed by atoms with E-state index in [2.05, 4.69) is 41.8 Å². The van der Waals surface area contributed by atoms with E-state index in [1.54, 1.807) is 24.3 Å². The van der Waals surface area contributed by atoms with E-state index < -0.39 is 11.9 Å². The van der Waals surface area contributed by atoms with Gasteiger partial charge in [-0.1, -0.05) is 91.1 Å². The van der Waals surface area contributed by atoms with Crippen molar-refractivity contribution in [2.75, 3.05) is 52.5 Å². The van der Waals surface area contributed by atoms with E-state index in [1.807, 2.05) is 36.4 Å². The first-order chi connectivity index (χ1) is 27.5. The Morgan fingerprint density at radius 2 is 1.18 bits per heavy atom. The molecule has 13 heteroatoms. The lowest BCUT2D eigenvalue weighted by atomic mass is 9.98. The number of ether oxygens (including phenoxy) is 4. The third-order valence-corrected chi connectivity index (χ3v) is 11.2. The number of morpholine rings is 2. The van der Waals surface area contributed by atoms with E-state index in [0.29, 0.717) is 66.8 Å². The summed E-state index contributed by atoms with van der Waals surface area (Å²) in [4.78, 5) is 25.8. The molecule has 2 N–H and O–H groups in total. The highest BCUT2D eigenvalue weighted by molar-refractivity contribution is 6.36. The zero-order valence-corrected chi connectivity index (χ0v) is 34.7. The Balaban J connectivity index is 0.000000218. The SMILES string of the molecule is CCc1cccc(CC)c1COc1ccc(C2CN(CCC(=O)O)CCO2)cc1.O=C(O)CCN1CCOC(c2ccc(OCc3c(Cl)cccc3Cl)cc2Cl)C1. The van der Waals surface area contributed by atoms with Crippen molar-refractivity contribution in [1.29, 1.82) is 0 Å². The van der Waals surface area contributed by atoms with Gasteiger partial charge in [-0.05, 0) is 71.5 Å². The first kappa shape index (κ1) is 44.2. The number of carboxylic acid groups (broad SMARTS) is 2. The fourth-order valence-electron chi connectivity index (χ4n) is 6.86. The second kappa shape index (κ2) is 22.3. The van der Waals surface area contributed by atoms with E-state index in [4.69, 9.17) is 64.0 Å². The number of aryl methyl sites for hydroxylation is 2. The lowest BCUT2D eigenvalue weighted by molar-refractivity contribution is -0.138. The van der Waals surface area contributed by atoms with Gasteiger partial charge in [-0.25, -0.2) is 0 Å². The molecule has 57 heavy (non-hydrogen) atoms. The minimum absolute atomic E-state index is 0.0286. The Morgan fingerprint density at radius 3 is 1.74 bits per heavy atom. The molecule has 2 aliphatic heterocycles. The second-order valence-corrected chi connectivity index (χ2v) is 15.1. The third-order valence-electron chi connectivity index (χ3n) is 10.1. The molecule has 6 rings (SSSR count). The number of aliphatic carboxylic acids is 2. The first-order valence-corrected chi connectivity index (χ1v) is 20.5. The van der Waals surface area contributed by atoms with Crippen LogP contribution >= 0.6 is 34.8 Å². The maximum atomic E-state index is 10.8. The van der Waals surface area contributed by atoms with Gasteiger partial charge in [-0.2, -0.15) is 0 Å². The van der Waals surface area contributed by atoms with Gasteiger partial charge in [-0.15, -0.1) is 0 Å². The molecule has 4 aromatic carbocycles. The summed E-state index contributed by atoms with van der Waals surface area (Å²) in [6, 6.07) is 25.3. The maximum Gasteiger partial charge on any atom is 0.304 e. The number of hydrogen-bond acceptors (Lipinski definition) is 8. The van der Waals surface area contributed by atoms with Crippen molar-refractivity contribution in [2.24, 2.45) is 0 Å². The van der Waals surface area contributed by atoms with Gasteiger partial charge in [0.05, 0.1) is 43.3 Å². The minimum Gasteiger partial charge on any atom is -0.489 e. The van der Waals surface area contributed by atoms with E-state index >= 15 is 0 Å². The Bertz CT molecular complexity index is 1890. The van der Waals surface area contributed by atoms with Gasteiger partial charge in [0.2, 0.25) is 0 Å². The van der Waals surface area contributed by atoms with Crippen LogP contribution in [-0.4, -0.2) is 84.4 Å². The summed E-state index contributed by atoms with van der Waals surface area (Å²) in [5, 5.41) is 19.4. The molecule has 0 saturated carbocycles. The standard InChI is InChI=1S/C24H31NO4.C20H20Cl3NO4/c1-3-18-6-5-7-19(4-2)22(18)17-29-21-10-8-20(9-11-21)23-16-25(14-15-28-23)13-12-24(26)27;21-16-2-1-3-17(22)15(16)12-28-13-4-5-14(18(23)10-13)19-11-24(8-9-27-19)7-6-20(25)26/h5-11,23H,3-4,12-17H2,1-2H3,(H,26,27);1-5,10,19H,6-9,11-12H2,(H,25,26). The highest BCUT2D eigenvalue weighted by Gasteiger charge is 2.25. The molecule has 0 bridgehead atoms. The van der Waals surface area contributed by atoms with Crippen LogP contribution in [0.25, 0.3) is 0 Å². The Labute approximate surface area is 350 Å². The summed E-state index contributed by atoms with van der Waals surface area (Å²) in [5.74, 6) is -0.116. The molecule has 0 aliphatic carbocycles. The third kappa shape index (κ3) is 13.3. The van der Waals surface area contributed by atoms with Crippen molar-refractivity contribution >= 4 is 46.7 Å². The summed E-state index contributed by atoms with van der Waals surface area (Å²) >= 11 is 18.8. The largest absolute Gasteiger partial charge is 0.489 e. The smallest absolute Gasteiger partial charge is 0.304 e. The van der Waals surface area contributed by atoms with E-state index in [0.717, 1.165) is 48.4 Å².